The highest BCUT2D eigenvalue weighted by atomic mass is 16.5. The summed E-state index contributed by atoms with van der Waals surface area (Å²) in [7, 11) is 0. The van der Waals surface area contributed by atoms with E-state index in [2.05, 4.69) is 4.99 Å². The first-order chi connectivity index (χ1) is 10.8. The summed E-state index contributed by atoms with van der Waals surface area (Å²) in [6.07, 6.45) is 0.299. The zero-order valence-corrected chi connectivity index (χ0v) is 14.2. The molecular weight excluding hydrogens is 286 g/mol. The summed E-state index contributed by atoms with van der Waals surface area (Å²) in [4.78, 5) is 16.8. The molecule has 120 valence electrons. The van der Waals surface area contributed by atoms with Crippen molar-refractivity contribution in [2.75, 3.05) is 0 Å². The van der Waals surface area contributed by atoms with Gasteiger partial charge in [-0.3, -0.25) is 9.79 Å². The lowest BCUT2D eigenvalue weighted by atomic mass is 10.1. The molecule has 0 radical (unpaired) electrons. The standard InChI is InChI=1S/C20H23NO2/c1-15(14-18(22)16-10-6-5-7-11-16)21-17-12-8-9-13-19(17)23-20(2,3)4/h5-13H,14H2,1-4H3. The van der Waals surface area contributed by atoms with Crippen LogP contribution in [0.1, 0.15) is 44.5 Å². The third kappa shape index (κ3) is 5.37. The highest BCUT2D eigenvalue weighted by Gasteiger charge is 2.14. The van der Waals surface area contributed by atoms with Crippen LogP contribution < -0.4 is 4.74 Å². The van der Waals surface area contributed by atoms with Gasteiger partial charge in [0.1, 0.15) is 17.0 Å². The monoisotopic (exact) mass is 309 g/mol. The van der Waals surface area contributed by atoms with Crippen molar-refractivity contribution in [1.29, 1.82) is 0 Å². The van der Waals surface area contributed by atoms with Crippen LogP contribution in [0.15, 0.2) is 59.6 Å². The number of rotatable bonds is 5. The van der Waals surface area contributed by atoms with E-state index in [1.165, 1.54) is 0 Å². The normalized spacial score (nSPS) is 12.1. The van der Waals surface area contributed by atoms with Crippen LogP contribution in [0.3, 0.4) is 0 Å². The lowest BCUT2D eigenvalue weighted by molar-refractivity contribution is 0.100. The van der Waals surface area contributed by atoms with Crippen molar-refractivity contribution in [2.24, 2.45) is 4.99 Å². The lowest BCUT2D eigenvalue weighted by Crippen LogP contribution is -2.23. The summed E-state index contributed by atoms with van der Waals surface area (Å²) in [5, 5.41) is 0. The molecule has 3 heteroatoms. The first-order valence-electron chi connectivity index (χ1n) is 7.75. The number of benzene rings is 2. The molecular formula is C20H23NO2. The first-order valence-corrected chi connectivity index (χ1v) is 7.75. The molecule has 0 unspecified atom stereocenters. The molecule has 2 aromatic carbocycles. The van der Waals surface area contributed by atoms with Gasteiger partial charge < -0.3 is 4.74 Å². The summed E-state index contributed by atoms with van der Waals surface area (Å²) >= 11 is 0. The highest BCUT2D eigenvalue weighted by Crippen LogP contribution is 2.30. The Balaban J connectivity index is 2.17. The van der Waals surface area contributed by atoms with Gasteiger partial charge in [-0.15, -0.1) is 0 Å². The van der Waals surface area contributed by atoms with Crippen molar-refractivity contribution in [3.8, 4) is 5.75 Å². The van der Waals surface area contributed by atoms with Gasteiger partial charge in [0.25, 0.3) is 0 Å². The molecule has 23 heavy (non-hydrogen) atoms. The van der Waals surface area contributed by atoms with E-state index in [0.29, 0.717) is 12.0 Å². The Bertz CT molecular complexity index is 697. The molecule has 0 fully saturated rings. The number of Topliss-reactive ketones (excluding diaryl/α,β-unsaturated/α-hetero) is 1. The number of ether oxygens (including phenoxy) is 1. The van der Waals surface area contributed by atoms with E-state index in [4.69, 9.17) is 4.74 Å². The first kappa shape index (κ1) is 16.9. The number of carbonyl (C=O) groups is 1. The molecule has 0 bridgehead atoms. The summed E-state index contributed by atoms with van der Waals surface area (Å²) in [5.74, 6) is 0.799. The molecule has 0 amide bonds. The number of ketones is 1. The summed E-state index contributed by atoms with van der Waals surface area (Å²) in [6, 6.07) is 16.9. The Morgan fingerprint density at radius 1 is 1.00 bits per heavy atom. The second-order valence-electron chi connectivity index (χ2n) is 6.50. The van der Waals surface area contributed by atoms with Crippen LogP contribution in [0.25, 0.3) is 0 Å². The maximum absolute atomic E-state index is 12.2. The van der Waals surface area contributed by atoms with Gasteiger partial charge in [0.2, 0.25) is 0 Å². The van der Waals surface area contributed by atoms with Crippen molar-refractivity contribution in [3.05, 3.63) is 60.2 Å². The lowest BCUT2D eigenvalue weighted by Gasteiger charge is -2.22. The predicted molar refractivity (Wildman–Crippen MR) is 95.0 cm³/mol. The third-order valence-corrected chi connectivity index (χ3v) is 3.10. The molecule has 0 spiro atoms. The zero-order valence-electron chi connectivity index (χ0n) is 14.2. The molecule has 2 aromatic rings. The number of hydrogen-bond acceptors (Lipinski definition) is 3. The molecule has 0 heterocycles. The zero-order chi connectivity index (χ0) is 16.9. The average molecular weight is 309 g/mol. The molecule has 0 saturated carbocycles. The van der Waals surface area contributed by atoms with Crippen LogP contribution >= 0.6 is 0 Å². The summed E-state index contributed by atoms with van der Waals surface area (Å²) in [5.41, 5.74) is 1.94. The molecule has 0 aromatic heterocycles. The van der Waals surface area contributed by atoms with Gasteiger partial charge in [-0.2, -0.15) is 0 Å². The van der Waals surface area contributed by atoms with E-state index in [-0.39, 0.29) is 11.4 Å². The topological polar surface area (TPSA) is 38.7 Å². The minimum atomic E-state index is -0.292. The van der Waals surface area contributed by atoms with Gasteiger partial charge >= 0.3 is 0 Å². The Labute approximate surface area is 138 Å². The third-order valence-electron chi connectivity index (χ3n) is 3.10. The molecule has 0 saturated heterocycles. The van der Waals surface area contributed by atoms with Gasteiger partial charge in [0.15, 0.2) is 5.78 Å². The molecule has 0 aliphatic heterocycles. The van der Waals surface area contributed by atoms with E-state index in [1.807, 2.05) is 82.3 Å². The fourth-order valence-corrected chi connectivity index (χ4v) is 2.17. The second kappa shape index (κ2) is 7.23. The second-order valence-corrected chi connectivity index (χ2v) is 6.50. The minimum Gasteiger partial charge on any atom is -0.486 e. The van der Waals surface area contributed by atoms with Crippen LogP contribution in [-0.4, -0.2) is 17.1 Å². The van der Waals surface area contributed by atoms with Crippen molar-refractivity contribution in [1.82, 2.24) is 0 Å². The largest absolute Gasteiger partial charge is 0.486 e. The molecule has 0 aliphatic carbocycles. The molecule has 2 rings (SSSR count). The predicted octanol–water partition coefficient (Wildman–Crippen LogP) is 5.23. The van der Waals surface area contributed by atoms with Crippen molar-refractivity contribution < 1.29 is 9.53 Å². The number of para-hydroxylation sites is 2. The van der Waals surface area contributed by atoms with Gasteiger partial charge in [-0.1, -0.05) is 42.5 Å². The van der Waals surface area contributed by atoms with Gasteiger partial charge in [0.05, 0.1) is 0 Å². The minimum absolute atomic E-state index is 0.0704. The number of carbonyl (C=O) groups excluding carboxylic acids is 1. The Morgan fingerprint density at radius 3 is 2.26 bits per heavy atom. The molecule has 0 aliphatic rings. The van der Waals surface area contributed by atoms with E-state index in [9.17, 15) is 4.79 Å². The van der Waals surface area contributed by atoms with E-state index in [0.717, 1.165) is 17.1 Å². The van der Waals surface area contributed by atoms with Crippen LogP contribution in [0.4, 0.5) is 5.69 Å². The van der Waals surface area contributed by atoms with Gasteiger partial charge in [-0.05, 0) is 39.8 Å². The number of hydrogen-bond donors (Lipinski definition) is 0. The average Bonchev–Trinajstić information content (AvgIpc) is 2.48. The quantitative estimate of drug-likeness (QED) is 0.560. The van der Waals surface area contributed by atoms with Crippen LogP contribution in [0, 0.1) is 0 Å². The maximum atomic E-state index is 12.2. The van der Waals surface area contributed by atoms with E-state index < -0.39 is 0 Å². The van der Waals surface area contributed by atoms with Gasteiger partial charge in [-0.25, -0.2) is 0 Å². The fraction of sp³-hybridized carbons (Fsp3) is 0.300. The SMILES string of the molecule is CC(CC(=O)c1ccccc1)=Nc1ccccc1OC(C)(C)C. The van der Waals surface area contributed by atoms with Crippen molar-refractivity contribution in [3.63, 3.8) is 0 Å². The van der Waals surface area contributed by atoms with Crippen LogP contribution in [0.5, 0.6) is 5.75 Å². The smallest absolute Gasteiger partial charge is 0.168 e. The molecule has 0 N–H and O–H groups in total. The molecule has 0 atom stereocenters. The van der Waals surface area contributed by atoms with E-state index in [1.54, 1.807) is 0 Å². The Hall–Kier alpha value is -2.42. The molecule has 3 nitrogen and oxygen atoms in total. The highest BCUT2D eigenvalue weighted by molar-refractivity contribution is 6.09. The number of aliphatic imine (C=N–C) groups is 1. The van der Waals surface area contributed by atoms with E-state index >= 15 is 0 Å². The summed E-state index contributed by atoms with van der Waals surface area (Å²) < 4.78 is 5.93. The maximum Gasteiger partial charge on any atom is 0.168 e. The van der Waals surface area contributed by atoms with Crippen LogP contribution in [0.2, 0.25) is 0 Å². The van der Waals surface area contributed by atoms with Crippen LogP contribution in [-0.2, 0) is 0 Å². The summed E-state index contributed by atoms with van der Waals surface area (Å²) in [6.45, 7) is 7.87. The Morgan fingerprint density at radius 2 is 1.61 bits per heavy atom. The van der Waals surface area contributed by atoms with Gasteiger partial charge in [0, 0.05) is 17.7 Å². The van der Waals surface area contributed by atoms with Crippen molar-refractivity contribution >= 4 is 17.2 Å². The Kier molecular flexibility index (Phi) is 5.32. The van der Waals surface area contributed by atoms with Crippen molar-refractivity contribution in [2.45, 2.75) is 39.7 Å². The number of nitrogens with zero attached hydrogens (tertiary/aromatic N) is 1. The fourth-order valence-electron chi connectivity index (χ4n) is 2.17.